The first-order valence-corrected chi connectivity index (χ1v) is 5.68. The Kier molecular flexibility index (Phi) is 1.56. The van der Waals surface area contributed by atoms with Crippen LogP contribution in [0.1, 0.15) is 0 Å². The highest BCUT2D eigenvalue weighted by molar-refractivity contribution is 6.21. The molecule has 0 radical (unpaired) electrons. The standard InChI is InChI=1S/C14H10N4/c15-9-1-7-5-17-12-4-10(16)2-8-6-18-11(3-9)13(7)14(8)12/h1-6H,15-16H2. The molecule has 0 saturated carbocycles. The van der Waals surface area contributed by atoms with Gasteiger partial charge in [-0.15, -0.1) is 0 Å². The Bertz CT molecular complexity index is 756. The number of nitrogen functional groups attached to an aromatic ring is 2. The minimum absolute atomic E-state index is 0.703. The minimum Gasteiger partial charge on any atom is -0.399 e. The average Bonchev–Trinajstić information content (AvgIpc) is 2.34. The highest BCUT2D eigenvalue weighted by Gasteiger charge is 2.10. The molecule has 0 aliphatic rings. The molecule has 18 heavy (non-hydrogen) atoms. The summed E-state index contributed by atoms with van der Waals surface area (Å²) >= 11 is 0. The van der Waals surface area contributed by atoms with Crippen molar-refractivity contribution in [3.05, 3.63) is 36.7 Å². The third-order valence-electron chi connectivity index (χ3n) is 3.28. The van der Waals surface area contributed by atoms with Crippen molar-refractivity contribution in [2.24, 2.45) is 0 Å². The SMILES string of the molecule is Nc1cc2cnc3cc(N)cc4cnc(c1)c2c43. The van der Waals surface area contributed by atoms with Crippen LogP contribution in [-0.4, -0.2) is 9.97 Å². The Morgan fingerprint density at radius 1 is 0.667 bits per heavy atom. The first-order valence-electron chi connectivity index (χ1n) is 5.68. The van der Waals surface area contributed by atoms with Crippen molar-refractivity contribution in [1.29, 1.82) is 0 Å². The maximum absolute atomic E-state index is 5.87. The highest BCUT2D eigenvalue weighted by atomic mass is 14.7. The van der Waals surface area contributed by atoms with Crippen molar-refractivity contribution in [2.45, 2.75) is 0 Å². The number of hydrogen-bond acceptors (Lipinski definition) is 4. The second-order valence-electron chi connectivity index (χ2n) is 4.52. The molecule has 2 heterocycles. The van der Waals surface area contributed by atoms with E-state index in [0.29, 0.717) is 11.4 Å². The van der Waals surface area contributed by atoms with Gasteiger partial charge in [0.25, 0.3) is 0 Å². The molecule has 4 aromatic rings. The predicted octanol–water partition coefficient (Wildman–Crippen LogP) is 2.54. The zero-order valence-corrected chi connectivity index (χ0v) is 9.51. The smallest absolute Gasteiger partial charge is 0.0736 e. The van der Waals surface area contributed by atoms with E-state index in [2.05, 4.69) is 9.97 Å². The summed E-state index contributed by atoms with van der Waals surface area (Å²) in [5, 5.41) is 4.24. The van der Waals surface area contributed by atoms with Crippen molar-refractivity contribution in [1.82, 2.24) is 9.97 Å². The normalized spacial score (nSPS) is 11.8. The molecule has 4 heteroatoms. The van der Waals surface area contributed by atoms with Crippen LogP contribution in [-0.2, 0) is 0 Å². The van der Waals surface area contributed by atoms with Crippen LogP contribution in [0.25, 0.3) is 32.6 Å². The topological polar surface area (TPSA) is 77.8 Å². The lowest BCUT2D eigenvalue weighted by atomic mass is 10.0. The van der Waals surface area contributed by atoms with E-state index >= 15 is 0 Å². The minimum atomic E-state index is 0.703. The van der Waals surface area contributed by atoms with Gasteiger partial charge in [-0.05, 0) is 24.3 Å². The Morgan fingerprint density at radius 3 is 1.56 bits per heavy atom. The van der Waals surface area contributed by atoms with Gasteiger partial charge in [0.15, 0.2) is 0 Å². The summed E-state index contributed by atoms with van der Waals surface area (Å²) in [5.74, 6) is 0. The molecule has 86 valence electrons. The fraction of sp³-hybridized carbons (Fsp3) is 0. The summed E-state index contributed by atoms with van der Waals surface area (Å²) < 4.78 is 0. The lowest BCUT2D eigenvalue weighted by Gasteiger charge is -2.10. The second kappa shape index (κ2) is 2.98. The van der Waals surface area contributed by atoms with Crippen LogP contribution in [0.5, 0.6) is 0 Å². The monoisotopic (exact) mass is 234 g/mol. The van der Waals surface area contributed by atoms with Crippen molar-refractivity contribution >= 4 is 44.0 Å². The van der Waals surface area contributed by atoms with Crippen molar-refractivity contribution in [2.75, 3.05) is 11.5 Å². The largest absolute Gasteiger partial charge is 0.399 e. The number of nitrogens with zero attached hydrogens (tertiary/aromatic N) is 2. The zero-order chi connectivity index (χ0) is 12.3. The summed E-state index contributed by atoms with van der Waals surface area (Å²) in [5.41, 5.74) is 14.9. The maximum atomic E-state index is 5.87. The Hall–Kier alpha value is -2.62. The molecule has 0 bridgehead atoms. The van der Waals surface area contributed by atoms with E-state index in [-0.39, 0.29) is 0 Å². The van der Waals surface area contributed by atoms with Gasteiger partial charge in [-0.2, -0.15) is 0 Å². The van der Waals surface area contributed by atoms with E-state index in [4.69, 9.17) is 11.5 Å². The molecule has 0 spiro atoms. The number of anilines is 2. The molecule has 0 aliphatic heterocycles. The van der Waals surface area contributed by atoms with E-state index in [1.165, 1.54) is 0 Å². The van der Waals surface area contributed by atoms with Gasteiger partial charge in [-0.25, -0.2) is 0 Å². The van der Waals surface area contributed by atoms with Gasteiger partial charge in [0.05, 0.1) is 11.0 Å². The van der Waals surface area contributed by atoms with Gasteiger partial charge < -0.3 is 11.5 Å². The lowest BCUT2D eigenvalue weighted by molar-refractivity contribution is 1.41. The number of aromatic nitrogens is 2. The summed E-state index contributed by atoms with van der Waals surface area (Å²) in [4.78, 5) is 8.90. The van der Waals surface area contributed by atoms with Crippen molar-refractivity contribution < 1.29 is 0 Å². The zero-order valence-electron chi connectivity index (χ0n) is 9.51. The van der Waals surface area contributed by atoms with Crippen LogP contribution >= 0.6 is 0 Å². The van der Waals surface area contributed by atoms with E-state index < -0.39 is 0 Å². The average molecular weight is 234 g/mol. The quantitative estimate of drug-likeness (QED) is 0.362. The molecule has 2 aromatic heterocycles. The third-order valence-corrected chi connectivity index (χ3v) is 3.28. The maximum Gasteiger partial charge on any atom is 0.0736 e. The number of benzene rings is 2. The van der Waals surface area contributed by atoms with Crippen LogP contribution in [0, 0.1) is 0 Å². The molecule has 4 nitrogen and oxygen atoms in total. The van der Waals surface area contributed by atoms with Crippen LogP contribution in [0.3, 0.4) is 0 Å². The third kappa shape index (κ3) is 1.09. The van der Waals surface area contributed by atoms with Crippen LogP contribution in [0.15, 0.2) is 36.7 Å². The molecule has 2 aromatic carbocycles. The molecule has 4 rings (SSSR count). The molecular weight excluding hydrogens is 224 g/mol. The van der Waals surface area contributed by atoms with Crippen LogP contribution in [0.4, 0.5) is 11.4 Å². The second-order valence-corrected chi connectivity index (χ2v) is 4.52. The van der Waals surface area contributed by atoms with E-state index in [1.807, 2.05) is 36.7 Å². The summed E-state index contributed by atoms with van der Waals surface area (Å²) in [6.45, 7) is 0. The van der Waals surface area contributed by atoms with Gasteiger partial charge in [-0.3, -0.25) is 9.97 Å². The molecule has 0 fully saturated rings. The molecule has 0 aliphatic carbocycles. The lowest BCUT2D eigenvalue weighted by Crippen LogP contribution is -1.93. The van der Waals surface area contributed by atoms with E-state index in [0.717, 1.165) is 32.6 Å². The molecule has 0 unspecified atom stereocenters. The molecule has 0 saturated heterocycles. The Balaban J connectivity index is 2.41. The van der Waals surface area contributed by atoms with Crippen LogP contribution in [0.2, 0.25) is 0 Å². The fourth-order valence-corrected chi connectivity index (χ4v) is 2.57. The van der Waals surface area contributed by atoms with Crippen molar-refractivity contribution in [3.8, 4) is 0 Å². The van der Waals surface area contributed by atoms with Gasteiger partial charge in [-0.1, -0.05) is 0 Å². The fourth-order valence-electron chi connectivity index (χ4n) is 2.57. The van der Waals surface area contributed by atoms with Crippen LogP contribution < -0.4 is 11.5 Å². The first kappa shape index (κ1) is 9.41. The molecule has 0 atom stereocenters. The van der Waals surface area contributed by atoms with E-state index in [9.17, 15) is 0 Å². The van der Waals surface area contributed by atoms with E-state index in [1.54, 1.807) is 0 Å². The van der Waals surface area contributed by atoms with Gasteiger partial charge in [0.2, 0.25) is 0 Å². The van der Waals surface area contributed by atoms with Gasteiger partial charge >= 0.3 is 0 Å². The summed E-state index contributed by atoms with van der Waals surface area (Å²) in [7, 11) is 0. The van der Waals surface area contributed by atoms with Gasteiger partial charge in [0, 0.05) is 45.3 Å². The van der Waals surface area contributed by atoms with Crippen molar-refractivity contribution in [3.63, 3.8) is 0 Å². The highest BCUT2D eigenvalue weighted by Crippen LogP contribution is 2.34. The van der Waals surface area contributed by atoms with Gasteiger partial charge in [0.1, 0.15) is 0 Å². The number of nitrogens with two attached hydrogens (primary N) is 2. The predicted molar refractivity (Wildman–Crippen MR) is 74.6 cm³/mol. The first-order chi connectivity index (χ1) is 8.72. The Morgan fingerprint density at radius 2 is 1.11 bits per heavy atom. The Labute approximate surface area is 103 Å². The number of hydrogen-bond donors (Lipinski definition) is 2. The summed E-state index contributed by atoms with van der Waals surface area (Å²) in [6.07, 6.45) is 3.64. The molecule has 0 amide bonds. The molecular formula is C14H10N4. The molecule has 4 N–H and O–H groups in total. The number of pyridine rings is 2. The number of rotatable bonds is 0. The summed E-state index contributed by atoms with van der Waals surface area (Å²) in [6, 6.07) is 7.62.